The summed E-state index contributed by atoms with van der Waals surface area (Å²) in [7, 11) is 0. The fourth-order valence-electron chi connectivity index (χ4n) is 1.36. The third-order valence-corrected chi connectivity index (χ3v) is 3.88. The second-order valence-electron chi connectivity index (χ2n) is 2.97. The molecule has 14 heavy (non-hydrogen) atoms. The molecule has 0 saturated heterocycles. The van der Waals surface area contributed by atoms with E-state index in [4.69, 9.17) is 11.0 Å². The zero-order chi connectivity index (χ0) is 10.1. The summed E-state index contributed by atoms with van der Waals surface area (Å²) in [5.41, 5.74) is 7.48. The first-order chi connectivity index (χ1) is 6.70. The number of benzene rings is 1. The molecule has 1 aromatic heterocycles. The Morgan fingerprint density at radius 3 is 2.93 bits per heavy atom. The van der Waals surface area contributed by atoms with Gasteiger partial charge in [-0.25, -0.2) is 0 Å². The lowest BCUT2D eigenvalue weighted by atomic mass is 10.1. The van der Waals surface area contributed by atoms with Gasteiger partial charge < -0.3 is 5.73 Å². The molecule has 4 heteroatoms. The van der Waals surface area contributed by atoms with Gasteiger partial charge in [-0.2, -0.15) is 5.26 Å². The molecule has 0 unspecified atom stereocenters. The number of anilines is 1. The number of hydrogen-bond donors (Lipinski definition) is 1. The maximum Gasteiger partial charge on any atom is 0.0670 e. The Labute approximate surface area is 99.5 Å². The maximum absolute atomic E-state index is 8.62. The molecule has 70 valence electrons. The first-order valence-corrected chi connectivity index (χ1v) is 5.94. The summed E-state index contributed by atoms with van der Waals surface area (Å²) in [6, 6.07) is 8.19. The summed E-state index contributed by atoms with van der Waals surface area (Å²) in [6.45, 7) is 0. The van der Waals surface area contributed by atoms with Crippen LogP contribution in [0, 0.1) is 14.2 Å². The summed E-state index contributed by atoms with van der Waals surface area (Å²) in [5, 5.41) is 9.80. The third kappa shape index (κ3) is 1.70. The van der Waals surface area contributed by atoms with Crippen molar-refractivity contribution >= 4 is 49.7 Å². The van der Waals surface area contributed by atoms with Gasteiger partial charge in [0.25, 0.3) is 0 Å². The predicted octanol–water partition coefficient (Wildman–Crippen LogP) is 3.15. The van der Waals surface area contributed by atoms with Crippen LogP contribution in [0.3, 0.4) is 0 Å². The molecular weight excluding hydrogens is 307 g/mol. The molecule has 0 amide bonds. The highest BCUT2D eigenvalue weighted by atomic mass is 127. The van der Waals surface area contributed by atoms with Crippen LogP contribution in [0.5, 0.6) is 0 Å². The number of hydrogen-bond acceptors (Lipinski definition) is 3. The molecule has 0 atom stereocenters. The van der Waals surface area contributed by atoms with E-state index in [2.05, 4.69) is 34.7 Å². The van der Waals surface area contributed by atoms with Crippen LogP contribution < -0.4 is 5.73 Å². The van der Waals surface area contributed by atoms with Crippen molar-refractivity contribution < 1.29 is 0 Å². The Bertz CT molecular complexity index is 525. The minimum atomic E-state index is 0.383. The number of fused-ring (bicyclic) bond motifs is 1. The van der Waals surface area contributed by atoms with E-state index in [-0.39, 0.29) is 0 Å². The van der Waals surface area contributed by atoms with E-state index in [0.29, 0.717) is 6.42 Å². The second kappa shape index (κ2) is 3.75. The molecule has 0 radical (unpaired) electrons. The van der Waals surface area contributed by atoms with Crippen molar-refractivity contribution in [2.45, 2.75) is 6.42 Å². The monoisotopic (exact) mass is 314 g/mol. The average molecular weight is 314 g/mol. The number of thiophene rings is 1. The standard InChI is InChI=1S/C10H7IN2S/c11-10-4-7-3-6(1-2-12)8(13)5-9(7)14-10/h3-5H,1,13H2. The number of rotatable bonds is 1. The van der Waals surface area contributed by atoms with Crippen LogP contribution in [0.2, 0.25) is 0 Å². The number of nitrogens with zero attached hydrogens (tertiary/aromatic N) is 1. The zero-order valence-electron chi connectivity index (χ0n) is 7.25. The fourth-order valence-corrected chi connectivity index (χ4v) is 3.22. The quantitative estimate of drug-likeness (QED) is 0.649. The first-order valence-electron chi connectivity index (χ1n) is 4.05. The molecule has 2 rings (SSSR count). The molecule has 0 aliphatic rings. The summed E-state index contributed by atoms with van der Waals surface area (Å²) >= 11 is 4.01. The number of nitriles is 1. The van der Waals surface area contributed by atoms with E-state index in [9.17, 15) is 0 Å². The van der Waals surface area contributed by atoms with Gasteiger partial charge in [0.1, 0.15) is 0 Å². The molecule has 1 aromatic carbocycles. The highest BCUT2D eigenvalue weighted by Gasteiger charge is 2.04. The van der Waals surface area contributed by atoms with Crippen molar-refractivity contribution in [2.75, 3.05) is 5.73 Å². The van der Waals surface area contributed by atoms with E-state index in [1.807, 2.05) is 12.1 Å². The highest BCUT2D eigenvalue weighted by Crippen LogP contribution is 2.30. The summed E-state index contributed by atoms with van der Waals surface area (Å²) in [6.07, 6.45) is 0.383. The van der Waals surface area contributed by atoms with Crippen molar-refractivity contribution in [3.63, 3.8) is 0 Å². The molecule has 0 aliphatic carbocycles. The summed E-state index contributed by atoms with van der Waals surface area (Å²) in [4.78, 5) is 0. The molecule has 0 aliphatic heterocycles. The second-order valence-corrected chi connectivity index (χ2v) is 5.95. The van der Waals surface area contributed by atoms with E-state index in [1.54, 1.807) is 11.3 Å². The van der Waals surface area contributed by atoms with Crippen LogP contribution in [0.1, 0.15) is 5.56 Å². The van der Waals surface area contributed by atoms with Crippen molar-refractivity contribution in [3.05, 3.63) is 26.6 Å². The fraction of sp³-hybridized carbons (Fsp3) is 0.100. The molecule has 2 N–H and O–H groups in total. The highest BCUT2D eigenvalue weighted by molar-refractivity contribution is 14.1. The smallest absolute Gasteiger partial charge is 0.0670 e. The van der Waals surface area contributed by atoms with Gasteiger partial charge in [0.2, 0.25) is 0 Å². The minimum absolute atomic E-state index is 0.383. The van der Waals surface area contributed by atoms with Gasteiger partial charge in [0, 0.05) is 10.4 Å². The van der Waals surface area contributed by atoms with Gasteiger partial charge in [-0.3, -0.25) is 0 Å². The molecule has 0 spiro atoms. The Balaban J connectivity index is 2.65. The first kappa shape index (κ1) is 9.74. The Kier molecular flexibility index (Phi) is 2.61. The lowest BCUT2D eigenvalue weighted by Gasteiger charge is -2.00. The van der Waals surface area contributed by atoms with Gasteiger partial charge in [0.15, 0.2) is 0 Å². The Hall–Kier alpha value is -0.800. The SMILES string of the molecule is N#CCc1cc2cc(I)sc2cc1N. The van der Waals surface area contributed by atoms with Crippen molar-refractivity contribution in [3.8, 4) is 6.07 Å². The maximum atomic E-state index is 8.62. The largest absolute Gasteiger partial charge is 0.398 e. The van der Waals surface area contributed by atoms with Gasteiger partial charge >= 0.3 is 0 Å². The van der Waals surface area contributed by atoms with Crippen molar-refractivity contribution in [1.82, 2.24) is 0 Å². The topological polar surface area (TPSA) is 49.8 Å². The molecule has 1 heterocycles. The lowest BCUT2D eigenvalue weighted by Crippen LogP contribution is -1.92. The van der Waals surface area contributed by atoms with Gasteiger partial charge in [-0.1, -0.05) is 0 Å². The van der Waals surface area contributed by atoms with Crippen LogP contribution in [-0.4, -0.2) is 0 Å². The normalized spacial score (nSPS) is 10.3. The van der Waals surface area contributed by atoms with Crippen LogP contribution in [0.15, 0.2) is 18.2 Å². The molecule has 2 aromatic rings. The predicted molar refractivity (Wildman–Crippen MR) is 68.3 cm³/mol. The number of halogens is 1. The molecule has 0 saturated carbocycles. The molecule has 0 fully saturated rings. The lowest BCUT2D eigenvalue weighted by molar-refractivity contribution is 1.28. The number of nitrogens with two attached hydrogens (primary N) is 1. The van der Waals surface area contributed by atoms with Crippen LogP contribution >= 0.6 is 33.9 Å². The summed E-state index contributed by atoms with van der Waals surface area (Å²) < 4.78 is 2.43. The summed E-state index contributed by atoms with van der Waals surface area (Å²) in [5.74, 6) is 0. The molecule has 2 nitrogen and oxygen atoms in total. The van der Waals surface area contributed by atoms with Gasteiger partial charge in [-0.15, -0.1) is 11.3 Å². The zero-order valence-corrected chi connectivity index (χ0v) is 10.2. The van der Waals surface area contributed by atoms with E-state index >= 15 is 0 Å². The van der Waals surface area contributed by atoms with Gasteiger partial charge in [0.05, 0.1) is 15.4 Å². The van der Waals surface area contributed by atoms with E-state index in [1.165, 1.54) is 13.0 Å². The van der Waals surface area contributed by atoms with Crippen molar-refractivity contribution in [1.29, 1.82) is 5.26 Å². The Morgan fingerprint density at radius 2 is 2.21 bits per heavy atom. The van der Waals surface area contributed by atoms with Gasteiger partial charge in [-0.05, 0) is 51.7 Å². The minimum Gasteiger partial charge on any atom is -0.398 e. The van der Waals surface area contributed by atoms with E-state index < -0.39 is 0 Å². The molecule has 0 bridgehead atoms. The Morgan fingerprint density at radius 1 is 1.43 bits per heavy atom. The van der Waals surface area contributed by atoms with Crippen LogP contribution in [0.4, 0.5) is 5.69 Å². The van der Waals surface area contributed by atoms with E-state index in [0.717, 1.165) is 11.3 Å². The van der Waals surface area contributed by atoms with Crippen LogP contribution in [0.25, 0.3) is 10.1 Å². The number of nitrogen functional groups attached to an aromatic ring is 1. The molecular formula is C10H7IN2S. The van der Waals surface area contributed by atoms with Crippen LogP contribution in [-0.2, 0) is 6.42 Å². The van der Waals surface area contributed by atoms with Crippen molar-refractivity contribution in [2.24, 2.45) is 0 Å². The average Bonchev–Trinajstić information content (AvgIpc) is 2.45. The third-order valence-electron chi connectivity index (χ3n) is 2.02.